The van der Waals surface area contributed by atoms with Crippen molar-refractivity contribution in [2.45, 2.75) is 40.2 Å². The highest BCUT2D eigenvalue weighted by Gasteiger charge is 2.11. The van der Waals surface area contributed by atoms with Gasteiger partial charge in [0.15, 0.2) is 0 Å². The van der Waals surface area contributed by atoms with Crippen LogP contribution in [-0.2, 0) is 0 Å². The molecular formula is C7H17N. The van der Waals surface area contributed by atoms with Crippen molar-refractivity contribution in [3.05, 3.63) is 0 Å². The van der Waals surface area contributed by atoms with Gasteiger partial charge in [-0.3, -0.25) is 0 Å². The molecule has 2 N–H and O–H groups in total. The molecular weight excluding hydrogens is 98.1 g/mol. The van der Waals surface area contributed by atoms with Crippen LogP contribution < -0.4 is 5.73 Å². The molecule has 0 spiro atoms. The summed E-state index contributed by atoms with van der Waals surface area (Å²) in [4.78, 5) is 0. The van der Waals surface area contributed by atoms with Gasteiger partial charge in [0.25, 0.3) is 0 Å². The van der Waals surface area contributed by atoms with E-state index in [1.807, 2.05) is 6.92 Å². The van der Waals surface area contributed by atoms with Crippen LogP contribution >= 0.6 is 0 Å². The van der Waals surface area contributed by atoms with Crippen LogP contribution in [0.25, 0.3) is 0 Å². The molecule has 0 rings (SSSR count). The first kappa shape index (κ1) is 7.96. The molecule has 0 fully saturated rings. The van der Waals surface area contributed by atoms with Crippen LogP contribution in [0.2, 0.25) is 0 Å². The fraction of sp³-hybridized carbons (Fsp3) is 1.00. The largest absolute Gasteiger partial charge is 0.328 e. The van der Waals surface area contributed by atoms with Crippen molar-refractivity contribution in [1.82, 2.24) is 0 Å². The van der Waals surface area contributed by atoms with E-state index in [1.165, 1.54) is 0 Å². The third-order valence-corrected chi connectivity index (χ3v) is 0.934. The maximum Gasteiger partial charge on any atom is 0.00154 e. The average Bonchev–Trinajstić information content (AvgIpc) is 1.21. The SMILES string of the molecule is C[C@@H](N)CC(C)(C)C. The van der Waals surface area contributed by atoms with Crippen LogP contribution in [0, 0.1) is 5.41 Å². The van der Waals surface area contributed by atoms with E-state index < -0.39 is 0 Å². The van der Waals surface area contributed by atoms with Gasteiger partial charge in [-0.25, -0.2) is 0 Å². The second kappa shape index (κ2) is 2.49. The Hall–Kier alpha value is -0.0400. The Morgan fingerprint density at radius 3 is 1.75 bits per heavy atom. The van der Waals surface area contributed by atoms with Crippen molar-refractivity contribution in [2.24, 2.45) is 11.1 Å². The smallest absolute Gasteiger partial charge is 0.00154 e. The Balaban J connectivity index is 3.39. The van der Waals surface area contributed by atoms with E-state index in [0.717, 1.165) is 6.42 Å². The van der Waals surface area contributed by atoms with Crippen molar-refractivity contribution < 1.29 is 0 Å². The van der Waals surface area contributed by atoms with Crippen molar-refractivity contribution in [1.29, 1.82) is 0 Å². The molecule has 1 atom stereocenters. The molecule has 0 saturated heterocycles. The van der Waals surface area contributed by atoms with Crippen LogP contribution in [0.4, 0.5) is 0 Å². The van der Waals surface area contributed by atoms with Gasteiger partial charge in [-0.2, -0.15) is 0 Å². The Bertz CT molecular complexity index is 59.3. The van der Waals surface area contributed by atoms with Crippen LogP contribution in [0.15, 0.2) is 0 Å². The number of hydrogen-bond acceptors (Lipinski definition) is 1. The summed E-state index contributed by atoms with van der Waals surface area (Å²) in [6, 6.07) is 0.343. The minimum absolute atomic E-state index is 0.343. The number of hydrogen-bond donors (Lipinski definition) is 1. The van der Waals surface area contributed by atoms with Gasteiger partial charge in [-0.15, -0.1) is 0 Å². The summed E-state index contributed by atoms with van der Waals surface area (Å²) in [5, 5.41) is 0. The zero-order chi connectivity index (χ0) is 6.78. The molecule has 0 aromatic rings. The van der Waals surface area contributed by atoms with E-state index in [4.69, 9.17) is 5.73 Å². The first-order valence-corrected chi connectivity index (χ1v) is 3.17. The molecule has 50 valence electrons. The van der Waals surface area contributed by atoms with Gasteiger partial charge in [0.2, 0.25) is 0 Å². The third-order valence-electron chi connectivity index (χ3n) is 0.934. The summed E-state index contributed by atoms with van der Waals surface area (Å²) in [6.45, 7) is 8.66. The van der Waals surface area contributed by atoms with E-state index in [9.17, 15) is 0 Å². The third kappa shape index (κ3) is 5.96. The van der Waals surface area contributed by atoms with Crippen LogP contribution in [0.1, 0.15) is 34.1 Å². The lowest BCUT2D eigenvalue weighted by Crippen LogP contribution is -2.22. The minimum Gasteiger partial charge on any atom is -0.328 e. The average molecular weight is 115 g/mol. The molecule has 0 bridgehead atoms. The van der Waals surface area contributed by atoms with Crippen molar-refractivity contribution >= 4 is 0 Å². The van der Waals surface area contributed by atoms with Crippen molar-refractivity contribution in [3.8, 4) is 0 Å². The fourth-order valence-corrected chi connectivity index (χ4v) is 0.966. The maximum absolute atomic E-state index is 5.58. The summed E-state index contributed by atoms with van der Waals surface area (Å²) in [5.41, 5.74) is 5.98. The highest BCUT2D eigenvalue weighted by Crippen LogP contribution is 2.19. The highest BCUT2D eigenvalue weighted by molar-refractivity contribution is 4.66. The number of nitrogens with two attached hydrogens (primary N) is 1. The molecule has 1 heteroatoms. The predicted octanol–water partition coefficient (Wildman–Crippen LogP) is 1.77. The molecule has 0 radical (unpaired) electrons. The van der Waals surface area contributed by atoms with Crippen LogP contribution in [0.3, 0.4) is 0 Å². The molecule has 0 heterocycles. The Morgan fingerprint density at radius 2 is 1.75 bits per heavy atom. The molecule has 0 aliphatic carbocycles. The maximum atomic E-state index is 5.58. The number of rotatable bonds is 1. The summed E-state index contributed by atoms with van der Waals surface area (Å²) in [7, 11) is 0. The first-order chi connectivity index (χ1) is 3.42. The Labute approximate surface area is 52.3 Å². The van der Waals surface area contributed by atoms with Gasteiger partial charge >= 0.3 is 0 Å². The molecule has 0 aliphatic heterocycles. The van der Waals surface area contributed by atoms with Crippen LogP contribution in [0.5, 0.6) is 0 Å². The standard InChI is InChI=1S/C7H17N/c1-6(8)5-7(2,3)4/h6H,5,8H2,1-4H3/t6-/m1/s1. The van der Waals surface area contributed by atoms with Gasteiger partial charge in [-0.05, 0) is 18.8 Å². The fourth-order valence-electron chi connectivity index (χ4n) is 0.966. The summed E-state index contributed by atoms with van der Waals surface area (Å²) in [6.07, 6.45) is 1.10. The Kier molecular flexibility index (Phi) is 2.48. The molecule has 0 aliphatic rings. The van der Waals surface area contributed by atoms with E-state index in [-0.39, 0.29) is 0 Å². The summed E-state index contributed by atoms with van der Waals surface area (Å²) >= 11 is 0. The molecule has 0 amide bonds. The zero-order valence-corrected chi connectivity index (χ0v) is 6.36. The minimum atomic E-state index is 0.343. The lowest BCUT2D eigenvalue weighted by Gasteiger charge is -2.19. The van der Waals surface area contributed by atoms with Gasteiger partial charge < -0.3 is 5.73 Å². The van der Waals surface area contributed by atoms with E-state index in [2.05, 4.69) is 20.8 Å². The molecule has 1 nitrogen and oxygen atoms in total. The highest BCUT2D eigenvalue weighted by atomic mass is 14.6. The summed E-state index contributed by atoms with van der Waals surface area (Å²) in [5.74, 6) is 0. The van der Waals surface area contributed by atoms with Gasteiger partial charge in [0.1, 0.15) is 0 Å². The first-order valence-electron chi connectivity index (χ1n) is 3.17. The zero-order valence-electron chi connectivity index (χ0n) is 6.36. The predicted molar refractivity (Wildman–Crippen MR) is 37.7 cm³/mol. The molecule has 0 aromatic heterocycles. The van der Waals surface area contributed by atoms with E-state index >= 15 is 0 Å². The van der Waals surface area contributed by atoms with E-state index in [0.29, 0.717) is 11.5 Å². The Morgan fingerprint density at radius 1 is 1.38 bits per heavy atom. The van der Waals surface area contributed by atoms with Gasteiger partial charge in [-0.1, -0.05) is 20.8 Å². The normalized spacial score (nSPS) is 16.1. The van der Waals surface area contributed by atoms with Crippen molar-refractivity contribution in [2.75, 3.05) is 0 Å². The van der Waals surface area contributed by atoms with E-state index in [1.54, 1.807) is 0 Å². The second-order valence-corrected chi connectivity index (χ2v) is 3.74. The second-order valence-electron chi connectivity index (χ2n) is 3.74. The lowest BCUT2D eigenvalue weighted by molar-refractivity contribution is 0.349. The quantitative estimate of drug-likeness (QED) is 0.553. The molecule has 0 saturated carbocycles. The lowest BCUT2D eigenvalue weighted by atomic mass is 9.89. The van der Waals surface area contributed by atoms with Gasteiger partial charge in [0, 0.05) is 6.04 Å². The monoisotopic (exact) mass is 115 g/mol. The molecule has 0 aromatic carbocycles. The molecule has 8 heavy (non-hydrogen) atoms. The van der Waals surface area contributed by atoms with Gasteiger partial charge in [0.05, 0.1) is 0 Å². The van der Waals surface area contributed by atoms with Crippen molar-refractivity contribution in [3.63, 3.8) is 0 Å². The molecule has 0 unspecified atom stereocenters. The summed E-state index contributed by atoms with van der Waals surface area (Å²) < 4.78 is 0. The topological polar surface area (TPSA) is 26.0 Å². The van der Waals surface area contributed by atoms with Crippen LogP contribution in [-0.4, -0.2) is 6.04 Å².